The summed E-state index contributed by atoms with van der Waals surface area (Å²) in [5.41, 5.74) is 2.91. The van der Waals surface area contributed by atoms with Gasteiger partial charge in [0.2, 0.25) is 0 Å². The van der Waals surface area contributed by atoms with E-state index in [1.807, 2.05) is 19.2 Å². The SMILES string of the molecule is CNc1cc(C)ccc1C(=O)N(CC(C)C)C1CCCC1. The van der Waals surface area contributed by atoms with Crippen molar-refractivity contribution in [3.63, 3.8) is 0 Å². The van der Waals surface area contributed by atoms with Crippen molar-refractivity contribution in [2.24, 2.45) is 5.92 Å². The summed E-state index contributed by atoms with van der Waals surface area (Å²) in [6.07, 6.45) is 4.80. The maximum absolute atomic E-state index is 13.0. The van der Waals surface area contributed by atoms with E-state index in [9.17, 15) is 4.79 Å². The third-order valence-corrected chi connectivity index (χ3v) is 4.26. The molecule has 1 aliphatic carbocycles. The molecule has 1 N–H and O–H groups in total. The van der Waals surface area contributed by atoms with Gasteiger partial charge in [-0.2, -0.15) is 0 Å². The zero-order chi connectivity index (χ0) is 15.4. The number of nitrogens with zero attached hydrogens (tertiary/aromatic N) is 1. The van der Waals surface area contributed by atoms with E-state index in [4.69, 9.17) is 0 Å². The van der Waals surface area contributed by atoms with Gasteiger partial charge in [-0.3, -0.25) is 4.79 Å². The Hall–Kier alpha value is -1.51. The number of rotatable bonds is 5. The molecule has 2 rings (SSSR count). The molecule has 3 heteroatoms. The quantitative estimate of drug-likeness (QED) is 0.885. The largest absolute Gasteiger partial charge is 0.387 e. The molecule has 0 aliphatic heterocycles. The number of carbonyl (C=O) groups is 1. The molecule has 1 saturated carbocycles. The Morgan fingerprint density at radius 2 is 2.00 bits per heavy atom. The lowest BCUT2D eigenvalue weighted by Gasteiger charge is -2.31. The lowest BCUT2D eigenvalue weighted by molar-refractivity contribution is 0.0656. The molecular weight excluding hydrogens is 260 g/mol. The van der Waals surface area contributed by atoms with Gasteiger partial charge in [0, 0.05) is 25.3 Å². The van der Waals surface area contributed by atoms with E-state index in [-0.39, 0.29) is 5.91 Å². The van der Waals surface area contributed by atoms with Crippen molar-refractivity contribution in [1.29, 1.82) is 0 Å². The Bertz CT molecular complexity index is 490. The number of carbonyl (C=O) groups excluding carboxylic acids is 1. The molecule has 0 spiro atoms. The molecule has 116 valence electrons. The molecule has 1 amide bonds. The van der Waals surface area contributed by atoms with Crippen LogP contribution in [0, 0.1) is 12.8 Å². The van der Waals surface area contributed by atoms with E-state index in [2.05, 4.69) is 37.1 Å². The zero-order valence-corrected chi connectivity index (χ0v) is 13.8. The van der Waals surface area contributed by atoms with Crippen LogP contribution in [-0.4, -0.2) is 30.4 Å². The number of hydrogen-bond donors (Lipinski definition) is 1. The third kappa shape index (κ3) is 3.78. The molecule has 0 heterocycles. The van der Waals surface area contributed by atoms with E-state index < -0.39 is 0 Å². The Morgan fingerprint density at radius 1 is 1.33 bits per heavy atom. The van der Waals surface area contributed by atoms with Gasteiger partial charge >= 0.3 is 0 Å². The van der Waals surface area contributed by atoms with Crippen LogP contribution >= 0.6 is 0 Å². The van der Waals surface area contributed by atoms with Gasteiger partial charge in [-0.25, -0.2) is 0 Å². The van der Waals surface area contributed by atoms with Crippen LogP contribution in [-0.2, 0) is 0 Å². The van der Waals surface area contributed by atoms with Gasteiger partial charge in [-0.05, 0) is 43.4 Å². The van der Waals surface area contributed by atoms with Crippen LogP contribution in [0.15, 0.2) is 18.2 Å². The molecule has 1 fully saturated rings. The Labute approximate surface area is 128 Å². The highest BCUT2D eigenvalue weighted by Gasteiger charge is 2.28. The molecule has 1 aromatic rings. The lowest BCUT2D eigenvalue weighted by atomic mass is 10.0. The molecule has 21 heavy (non-hydrogen) atoms. The van der Waals surface area contributed by atoms with E-state index in [0.717, 1.165) is 30.6 Å². The first kappa shape index (κ1) is 15.9. The summed E-state index contributed by atoms with van der Waals surface area (Å²) >= 11 is 0. The van der Waals surface area contributed by atoms with E-state index >= 15 is 0 Å². The smallest absolute Gasteiger partial charge is 0.256 e. The van der Waals surface area contributed by atoms with E-state index in [1.54, 1.807) is 0 Å². The molecule has 0 radical (unpaired) electrons. The highest BCUT2D eigenvalue weighted by Crippen LogP contribution is 2.27. The fraction of sp³-hybridized carbons (Fsp3) is 0.611. The Kier molecular flexibility index (Phi) is 5.27. The molecule has 0 saturated heterocycles. The number of hydrogen-bond acceptors (Lipinski definition) is 2. The maximum atomic E-state index is 13.0. The predicted octanol–water partition coefficient (Wildman–Crippen LogP) is 4.08. The lowest BCUT2D eigenvalue weighted by Crippen LogP contribution is -2.41. The van der Waals surface area contributed by atoms with Gasteiger partial charge in [0.1, 0.15) is 0 Å². The first-order valence-corrected chi connectivity index (χ1v) is 8.12. The van der Waals surface area contributed by atoms with Crippen LogP contribution in [0.25, 0.3) is 0 Å². The van der Waals surface area contributed by atoms with Crippen molar-refractivity contribution in [1.82, 2.24) is 4.90 Å². The predicted molar refractivity (Wildman–Crippen MR) is 88.9 cm³/mol. The normalized spacial score (nSPS) is 15.5. The maximum Gasteiger partial charge on any atom is 0.256 e. The summed E-state index contributed by atoms with van der Waals surface area (Å²) < 4.78 is 0. The van der Waals surface area contributed by atoms with Crippen LogP contribution in [0.2, 0.25) is 0 Å². The minimum Gasteiger partial charge on any atom is -0.387 e. The summed E-state index contributed by atoms with van der Waals surface area (Å²) in [5.74, 6) is 0.679. The second-order valence-electron chi connectivity index (χ2n) is 6.59. The fourth-order valence-electron chi connectivity index (χ4n) is 3.21. The van der Waals surface area contributed by atoms with E-state index in [1.165, 1.54) is 18.4 Å². The Balaban J connectivity index is 2.28. The second kappa shape index (κ2) is 6.97. The molecule has 0 aromatic heterocycles. The van der Waals surface area contributed by atoms with Crippen LogP contribution in [0.5, 0.6) is 0 Å². The van der Waals surface area contributed by atoms with Gasteiger partial charge in [0.25, 0.3) is 5.91 Å². The standard InChI is InChI=1S/C18H28N2O/c1-13(2)12-20(15-7-5-6-8-15)18(21)16-10-9-14(3)11-17(16)19-4/h9-11,13,15,19H,5-8,12H2,1-4H3. The number of amides is 1. The first-order valence-electron chi connectivity index (χ1n) is 8.12. The summed E-state index contributed by atoms with van der Waals surface area (Å²) in [5, 5.41) is 3.17. The molecule has 0 atom stereocenters. The average molecular weight is 288 g/mol. The average Bonchev–Trinajstić information content (AvgIpc) is 2.97. The number of aryl methyl sites for hydroxylation is 1. The van der Waals surface area contributed by atoms with Crippen molar-refractivity contribution in [3.8, 4) is 0 Å². The fourth-order valence-corrected chi connectivity index (χ4v) is 3.21. The molecule has 0 bridgehead atoms. The third-order valence-electron chi connectivity index (χ3n) is 4.26. The monoisotopic (exact) mass is 288 g/mol. The van der Waals surface area contributed by atoms with E-state index in [0.29, 0.717) is 12.0 Å². The van der Waals surface area contributed by atoms with Crippen molar-refractivity contribution >= 4 is 11.6 Å². The summed E-state index contributed by atoms with van der Waals surface area (Å²) in [6, 6.07) is 6.46. The van der Waals surface area contributed by atoms with Crippen molar-refractivity contribution in [2.45, 2.75) is 52.5 Å². The van der Waals surface area contributed by atoms with Crippen LogP contribution in [0.4, 0.5) is 5.69 Å². The van der Waals surface area contributed by atoms with Gasteiger partial charge < -0.3 is 10.2 Å². The number of anilines is 1. The van der Waals surface area contributed by atoms with Crippen molar-refractivity contribution < 1.29 is 4.79 Å². The topological polar surface area (TPSA) is 32.3 Å². The van der Waals surface area contributed by atoms with Crippen LogP contribution in [0.1, 0.15) is 55.5 Å². The van der Waals surface area contributed by atoms with Crippen LogP contribution in [0.3, 0.4) is 0 Å². The molecule has 3 nitrogen and oxygen atoms in total. The highest BCUT2D eigenvalue weighted by molar-refractivity contribution is 6.00. The van der Waals surface area contributed by atoms with Gasteiger partial charge in [0.15, 0.2) is 0 Å². The summed E-state index contributed by atoms with van der Waals surface area (Å²) in [4.78, 5) is 15.2. The molecule has 0 unspecified atom stereocenters. The summed E-state index contributed by atoms with van der Waals surface area (Å²) in [6.45, 7) is 7.27. The number of benzene rings is 1. The first-order chi connectivity index (χ1) is 10.0. The van der Waals surface area contributed by atoms with Crippen molar-refractivity contribution in [3.05, 3.63) is 29.3 Å². The molecule has 1 aromatic carbocycles. The minimum atomic E-state index is 0.181. The van der Waals surface area contributed by atoms with Gasteiger partial charge in [-0.15, -0.1) is 0 Å². The minimum absolute atomic E-state index is 0.181. The van der Waals surface area contributed by atoms with Crippen LogP contribution < -0.4 is 5.32 Å². The number of nitrogens with one attached hydrogen (secondary N) is 1. The Morgan fingerprint density at radius 3 is 2.57 bits per heavy atom. The second-order valence-corrected chi connectivity index (χ2v) is 6.59. The van der Waals surface area contributed by atoms with Gasteiger partial charge in [0.05, 0.1) is 5.56 Å². The van der Waals surface area contributed by atoms with Crippen molar-refractivity contribution in [2.75, 3.05) is 18.9 Å². The highest BCUT2D eigenvalue weighted by atomic mass is 16.2. The molecule has 1 aliphatic rings. The summed E-state index contributed by atoms with van der Waals surface area (Å²) in [7, 11) is 1.88. The zero-order valence-electron chi connectivity index (χ0n) is 13.8. The molecular formula is C18H28N2O. The van der Waals surface area contributed by atoms with Gasteiger partial charge in [-0.1, -0.05) is 32.8 Å².